The molecule has 3 heterocycles. The quantitative estimate of drug-likeness (QED) is 0.189. The highest BCUT2D eigenvalue weighted by atomic mass is 16.6. The lowest BCUT2D eigenvalue weighted by molar-refractivity contribution is -0.144. The predicted octanol–water partition coefficient (Wildman–Crippen LogP) is 4.25. The highest BCUT2D eigenvalue weighted by Gasteiger charge is 2.21. The fraction of sp³-hybridized carbons (Fsp3) is 0.441. The molecule has 238 valence electrons. The molecule has 0 saturated carbocycles. The number of piperidine rings is 1. The Balaban J connectivity index is 1.39. The van der Waals surface area contributed by atoms with Gasteiger partial charge in [-0.3, -0.25) is 9.59 Å². The summed E-state index contributed by atoms with van der Waals surface area (Å²) in [6.07, 6.45) is 5.64. The van der Waals surface area contributed by atoms with E-state index >= 15 is 0 Å². The Morgan fingerprint density at radius 1 is 0.933 bits per heavy atom. The number of carbonyl (C=O) groups is 2. The molecule has 1 aliphatic heterocycles. The second-order valence-electron chi connectivity index (χ2n) is 11.4. The van der Waals surface area contributed by atoms with Gasteiger partial charge in [0.15, 0.2) is 11.5 Å². The molecule has 0 radical (unpaired) electrons. The lowest BCUT2D eigenvalue weighted by Gasteiger charge is -2.26. The summed E-state index contributed by atoms with van der Waals surface area (Å²) in [5, 5.41) is 6.53. The number of imidazole rings is 1. The van der Waals surface area contributed by atoms with Gasteiger partial charge in [-0.15, -0.1) is 0 Å². The second-order valence-corrected chi connectivity index (χ2v) is 11.4. The molecule has 1 fully saturated rings. The zero-order chi connectivity index (χ0) is 31.4. The van der Waals surface area contributed by atoms with E-state index in [-0.39, 0.29) is 36.3 Å². The third-order valence-electron chi connectivity index (χ3n) is 8.20. The standard InChI is InChI=1S/C34H43N7O4/c1-25(42)45-23-28(44-2)16-20-41-24-37-30-31(36-22-29(26-12-6-3-7-13-26)27-14-8-4-9-15-27)38-32(39-33(30)41)34(43)35-17-21-40-18-10-5-11-19-40/h3-4,6-9,12-15,24,28-29H,5,10-11,16-23H2,1-2H3,(H,35,43)(H,36,38,39). The van der Waals surface area contributed by atoms with Gasteiger partial charge in [-0.1, -0.05) is 67.1 Å². The Bertz CT molecular complexity index is 1480. The third kappa shape index (κ3) is 8.86. The minimum atomic E-state index is -0.353. The molecule has 45 heavy (non-hydrogen) atoms. The number of aromatic nitrogens is 4. The first kappa shape index (κ1) is 32.1. The van der Waals surface area contributed by atoms with Crippen molar-refractivity contribution < 1.29 is 19.1 Å². The van der Waals surface area contributed by atoms with Crippen LogP contribution in [0.4, 0.5) is 5.82 Å². The summed E-state index contributed by atoms with van der Waals surface area (Å²) in [4.78, 5) is 41.1. The van der Waals surface area contributed by atoms with E-state index in [9.17, 15) is 9.59 Å². The molecule has 1 atom stereocenters. The maximum Gasteiger partial charge on any atom is 0.302 e. The zero-order valence-corrected chi connectivity index (χ0v) is 26.2. The number of ether oxygens (including phenoxy) is 2. The number of rotatable bonds is 15. The van der Waals surface area contributed by atoms with Crippen LogP contribution in [0.25, 0.3) is 11.2 Å². The smallest absolute Gasteiger partial charge is 0.302 e. The Kier molecular flexibility index (Phi) is 11.5. The number of carbonyl (C=O) groups excluding carboxylic acids is 2. The Hall–Kier alpha value is -4.35. The molecular formula is C34H43N7O4. The van der Waals surface area contributed by atoms with Gasteiger partial charge in [0.05, 0.1) is 12.4 Å². The van der Waals surface area contributed by atoms with Gasteiger partial charge >= 0.3 is 5.97 Å². The molecule has 5 rings (SSSR count). The first-order valence-corrected chi connectivity index (χ1v) is 15.7. The van der Waals surface area contributed by atoms with E-state index in [1.807, 2.05) is 41.0 Å². The topological polar surface area (TPSA) is 124 Å². The largest absolute Gasteiger partial charge is 0.463 e. The summed E-state index contributed by atoms with van der Waals surface area (Å²) < 4.78 is 12.6. The Labute approximate surface area is 264 Å². The number of anilines is 1. The Morgan fingerprint density at radius 2 is 1.62 bits per heavy atom. The van der Waals surface area contributed by atoms with Gasteiger partial charge in [-0.2, -0.15) is 0 Å². The van der Waals surface area contributed by atoms with Crippen molar-refractivity contribution in [3.05, 3.63) is 83.9 Å². The SMILES string of the molecule is COC(CCn1cnc2c(NCC(c3ccccc3)c3ccccc3)nc(C(=O)NCCN3CCCCC3)nc21)COC(C)=O. The van der Waals surface area contributed by atoms with Crippen LogP contribution in [0.5, 0.6) is 0 Å². The third-order valence-corrected chi connectivity index (χ3v) is 8.20. The number of benzene rings is 2. The molecule has 0 spiro atoms. The highest BCUT2D eigenvalue weighted by Crippen LogP contribution is 2.27. The summed E-state index contributed by atoms with van der Waals surface area (Å²) >= 11 is 0. The monoisotopic (exact) mass is 613 g/mol. The molecule has 1 aliphatic rings. The van der Waals surface area contributed by atoms with Crippen molar-refractivity contribution in [3.8, 4) is 0 Å². The van der Waals surface area contributed by atoms with Crippen LogP contribution < -0.4 is 10.6 Å². The summed E-state index contributed by atoms with van der Waals surface area (Å²) in [6.45, 7) is 6.03. The molecule has 0 bridgehead atoms. The first-order chi connectivity index (χ1) is 22.0. The van der Waals surface area contributed by atoms with Crippen molar-refractivity contribution in [1.29, 1.82) is 0 Å². The van der Waals surface area contributed by atoms with Crippen LogP contribution in [0.15, 0.2) is 67.0 Å². The molecule has 1 unspecified atom stereocenters. The number of fused-ring (bicyclic) bond motifs is 1. The van der Waals surface area contributed by atoms with Crippen molar-refractivity contribution in [2.45, 2.75) is 51.2 Å². The zero-order valence-electron chi connectivity index (χ0n) is 26.2. The van der Waals surface area contributed by atoms with Gasteiger partial charge in [0.2, 0.25) is 5.82 Å². The molecule has 0 aliphatic carbocycles. The van der Waals surface area contributed by atoms with Crippen LogP contribution in [0.2, 0.25) is 0 Å². The van der Waals surface area contributed by atoms with E-state index in [2.05, 4.69) is 49.8 Å². The fourth-order valence-corrected chi connectivity index (χ4v) is 5.68. The highest BCUT2D eigenvalue weighted by molar-refractivity contribution is 5.94. The molecule has 1 saturated heterocycles. The van der Waals surface area contributed by atoms with E-state index in [0.29, 0.717) is 43.0 Å². The summed E-state index contributed by atoms with van der Waals surface area (Å²) in [5.41, 5.74) is 3.46. The second kappa shape index (κ2) is 16.1. The van der Waals surface area contributed by atoms with Gasteiger partial charge in [0, 0.05) is 46.1 Å². The molecular weight excluding hydrogens is 570 g/mol. The van der Waals surface area contributed by atoms with Crippen LogP contribution in [-0.4, -0.2) is 88.8 Å². The normalized spacial score (nSPS) is 14.4. The lowest BCUT2D eigenvalue weighted by atomic mass is 9.91. The van der Waals surface area contributed by atoms with Crippen LogP contribution in [0.1, 0.15) is 60.3 Å². The molecule has 4 aromatic rings. The van der Waals surface area contributed by atoms with Gasteiger partial charge in [-0.05, 0) is 43.5 Å². The fourth-order valence-electron chi connectivity index (χ4n) is 5.68. The maximum atomic E-state index is 13.4. The van der Waals surface area contributed by atoms with Gasteiger partial charge in [0.25, 0.3) is 5.91 Å². The molecule has 11 nitrogen and oxygen atoms in total. The average molecular weight is 614 g/mol. The van der Waals surface area contributed by atoms with Gasteiger partial charge < -0.3 is 29.6 Å². The van der Waals surface area contributed by atoms with E-state index < -0.39 is 0 Å². The summed E-state index contributed by atoms with van der Waals surface area (Å²) in [6, 6.07) is 20.6. The van der Waals surface area contributed by atoms with E-state index in [1.165, 1.54) is 37.3 Å². The summed E-state index contributed by atoms with van der Waals surface area (Å²) in [5.74, 6) is -0.0412. The van der Waals surface area contributed by atoms with Crippen molar-refractivity contribution in [1.82, 2.24) is 29.7 Å². The van der Waals surface area contributed by atoms with E-state index in [1.54, 1.807) is 13.4 Å². The minimum absolute atomic E-state index is 0.0463. The maximum absolute atomic E-state index is 13.4. The number of nitrogens with one attached hydrogen (secondary N) is 2. The number of hydrogen-bond acceptors (Lipinski definition) is 9. The number of methoxy groups -OCH3 is 1. The van der Waals surface area contributed by atoms with Gasteiger partial charge in [-0.25, -0.2) is 15.0 Å². The lowest BCUT2D eigenvalue weighted by Crippen LogP contribution is -2.38. The molecule has 11 heteroatoms. The molecule has 2 N–H and O–H groups in total. The number of hydrogen-bond donors (Lipinski definition) is 2. The van der Waals surface area contributed by atoms with Crippen molar-refractivity contribution >= 4 is 28.9 Å². The van der Waals surface area contributed by atoms with Crippen LogP contribution in [0.3, 0.4) is 0 Å². The molecule has 2 aromatic carbocycles. The minimum Gasteiger partial charge on any atom is -0.463 e. The molecule has 2 aromatic heterocycles. The molecule has 1 amide bonds. The van der Waals surface area contributed by atoms with E-state index in [4.69, 9.17) is 14.5 Å². The number of amides is 1. The number of nitrogens with zero attached hydrogens (tertiary/aromatic N) is 5. The number of aryl methyl sites for hydroxylation is 1. The number of esters is 1. The van der Waals surface area contributed by atoms with Crippen molar-refractivity contribution in [3.63, 3.8) is 0 Å². The summed E-state index contributed by atoms with van der Waals surface area (Å²) in [7, 11) is 1.59. The average Bonchev–Trinajstić information content (AvgIpc) is 3.49. The van der Waals surface area contributed by atoms with Gasteiger partial charge in [0.1, 0.15) is 12.1 Å². The first-order valence-electron chi connectivity index (χ1n) is 15.7. The van der Waals surface area contributed by atoms with Crippen LogP contribution in [-0.2, 0) is 20.8 Å². The van der Waals surface area contributed by atoms with E-state index in [0.717, 1.165) is 19.6 Å². The Morgan fingerprint density at radius 3 is 2.27 bits per heavy atom. The van der Waals surface area contributed by atoms with Crippen LogP contribution in [0, 0.1) is 0 Å². The van der Waals surface area contributed by atoms with Crippen molar-refractivity contribution in [2.24, 2.45) is 0 Å². The predicted molar refractivity (Wildman–Crippen MR) is 173 cm³/mol. The number of likely N-dealkylation sites (tertiary alicyclic amines) is 1. The van der Waals surface area contributed by atoms with Crippen molar-refractivity contribution in [2.75, 3.05) is 51.8 Å². The van der Waals surface area contributed by atoms with Crippen LogP contribution >= 0.6 is 0 Å².